The van der Waals surface area contributed by atoms with Crippen molar-refractivity contribution in [2.24, 2.45) is 0 Å². The monoisotopic (exact) mass is 363 g/mol. The lowest BCUT2D eigenvalue weighted by atomic mass is 10.1. The Labute approximate surface area is 155 Å². The van der Waals surface area contributed by atoms with Crippen LogP contribution in [0.2, 0.25) is 19.1 Å². The highest BCUT2D eigenvalue weighted by atomic mass is 32.1. The molecule has 1 aliphatic rings. The summed E-state index contributed by atoms with van der Waals surface area (Å²) in [4.78, 5) is 5.46. The molecule has 4 rings (SSSR count). The second-order valence-electron chi connectivity index (χ2n) is 7.78. The Bertz CT molecular complexity index is 953. The van der Waals surface area contributed by atoms with Crippen LogP contribution in [0.25, 0.3) is 15.7 Å². The molecule has 0 spiro atoms. The van der Waals surface area contributed by atoms with E-state index in [1.54, 1.807) is 10.5 Å². The van der Waals surface area contributed by atoms with Gasteiger partial charge in [-0.25, -0.2) is 0 Å². The molecule has 128 valence electrons. The molecule has 0 bridgehead atoms. The van der Waals surface area contributed by atoms with Crippen LogP contribution in [0.4, 0.5) is 5.69 Å². The third-order valence-corrected chi connectivity index (χ3v) is 9.08. The minimum atomic E-state index is -1.58. The minimum absolute atomic E-state index is 0.574. The molecule has 0 fully saturated rings. The van der Waals surface area contributed by atoms with Crippen LogP contribution >= 0.6 is 11.3 Å². The van der Waals surface area contributed by atoms with Crippen molar-refractivity contribution >= 4 is 40.9 Å². The first kappa shape index (κ1) is 16.6. The predicted molar refractivity (Wildman–Crippen MR) is 115 cm³/mol. The number of nitrogens with one attached hydrogen (secondary N) is 1. The van der Waals surface area contributed by atoms with Gasteiger partial charge in [-0.1, -0.05) is 55.1 Å². The summed E-state index contributed by atoms with van der Waals surface area (Å²) in [5.41, 5.74) is 5.85. The normalized spacial score (nSPS) is 17.2. The van der Waals surface area contributed by atoms with Gasteiger partial charge < -0.3 is 4.98 Å². The Hall–Kier alpha value is -1.84. The van der Waals surface area contributed by atoms with E-state index < -0.39 is 8.24 Å². The highest BCUT2D eigenvalue weighted by Crippen LogP contribution is 2.52. The predicted octanol–water partition coefficient (Wildman–Crippen LogP) is 7.11. The van der Waals surface area contributed by atoms with Gasteiger partial charge in [0.1, 0.15) is 8.24 Å². The summed E-state index contributed by atoms with van der Waals surface area (Å²) in [6.45, 7) is 9.56. The average Bonchev–Trinajstić information content (AvgIpc) is 3.07. The first-order chi connectivity index (χ1) is 12.0. The molecule has 1 aliphatic carbocycles. The van der Waals surface area contributed by atoms with Gasteiger partial charge in [0.15, 0.2) is 0 Å². The fourth-order valence-corrected chi connectivity index (χ4v) is 8.23. The van der Waals surface area contributed by atoms with E-state index in [9.17, 15) is 0 Å². The first-order valence-corrected chi connectivity index (χ1v) is 13.0. The molecular weight excluding hydrogens is 338 g/mol. The number of rotatable bonds is 4. The van der Waals surface area contributed by atoms with Crippen LogP contribution in [-0.4, -0.2) is 8.24 Å². The van der Waals surface area contributed by atoms with Gasteiger partial charge in [0.05, 0.1) is 0 Å². The average molecular weight is 364 g/mol. The Morgan fingerprint density at radius 1 is 0.960 bits per heavy atom. The van der Waals surface area contributed by atoms with Crippen LogP contribution in [0, 0.1) is 0 Å². The summed E-state index contributed by atoms with van der Waals surface area (Å²) in [5.74, 6) is 0.574. The molecule has 1 N–H and O–H groups in total. The maximum absolute atomic E-state index is 3.87. The second kappa shape index (κ2) is 6.15. The standard InChI is InChI=1S/C22H25NSSi/c1-15-16(2)21-18-12-8-9-13-20(18)24-22(21)19(15)14-25(3,4)23-17-10-6-5-7-11-17/h5-13,19,23H,14H2,1-4H3. The third-order valence-electron chi connectivity index (χ3n) is 5.40. The lowest BCUT2D eigenvalue weighted by Gasteiger charge is -2.29. The van der Waals surface area contributed by atoms with Gasteiger partial charge in [-0.2, -0.15) is 0 Å². The molecule has 1 heterocycles. The molecule has 2 aromatic carbocycles. The Kier molecular flexibility index (Phi) is 4.09. The van der Waals surface area contributed by atoms with Crippen LogP contribution in [0.5, 0.6) is 0 Å². The molecule has 3 heteroatoms. The quantitative estimate of drug-likeness (QED) is 0.487. The summed E-state index contributed by atoms with van der Waals surface area (Å²) in [6, 6.07) is 20.8. The zero-order valence-corrected chi connectivity index (χ0v) is 17.2. The molecule has 0 aliphatic heterocycles. The molecule has 1 aromatic heterocycles. The van der Waals surface area contributed by atoms with E-state index in [0.29, 0.717) is 5.92 Å². The molecule has 0 saturated heterocycles. The zero-order valence-electron chi connectivity index (χ0n) is 15.4. The Balaban J connectivity index is 1.68. The fraction of sp³-hybridized carbons (Fsp3) is 0.273. The summed E-state index contributed by atoms with van der Waals surface area (Å²) < 4.78 is 1.43. The van der Waals surface area contributed by atoms with Crippen molar-refractivity contribution in [3.8, 4) is 0 Å². The Morgan fingerprint density at radius 2 is 1.64 bits per heavy atom. The number of para-hydroxylation sites is 1. The van der Waals surface area contributed by atoms with Crippen molar-refractivity contribution in [1.29, 1.82) is 0 Å². The van der Waals surface area contributed by atoms with Gasteiger partial charge in [-0.05, 0) is 49.2 Å². The molecule has 0 saturated carbocycles. The topological polar surface area (TPSA) is 12.0 Å². The number of hydrogen-bond acceptors (Lipinski definition) is 2. The van der Waals surface area contributed by atoms with Crippen molar-refractivity contribution in [2.45, 2.75) is 38.9 Å². The lowest BCUT2D eigenvalue weighted by Crippen LogP contribution is -2.38. The fourth-order valence-electron chi connectivity index (χ4n) is 4.07. The van der Waals surface area contributed by atoms with Crippen molar-refractivity contribution < 1.29 is 0 Å². The van der Waals surface area contributed by atoms with Crippen LogP contribution in [0.1, 0.15) is 30.2 Å². The molecule has 0 radical (unpaired) electrons. The van der Waals surface area contributed by atoms with Crippen molar-refractivity contribution in [1.82, 2.24) is 0 Å². The van der Waals surface area contributed by atoms with Crippen LogP contribution in [0.15, 0.2) is 60.2 Å². The maximum atomic E-state index is 3.87. The number of anilines is 1. The van der Waals surface area contributed by atoms with Crippen molar-refractivity contribution in [3.63, 3.8) is 0 Å². The van der Waals surface area contributed by atoms with E-state index in [0.717, 1.165) is 0 Å². The van der Waals surface area contributed by atoms with E-state index in [-0.39, 0.29) is 0 Å². The minimum Gasteiger partial charge on any atom is -0.411 e. The van der Waals surface area contributed by atoms with Gasteiger partial charge in [-0.15, -0.1) is 11.3 Å². The lowest BCUT2D eigenvalue weighted by molar-refractivity contribution is 0.915. The van der Waals surface area contributed by atoms with Gasteiger partial charge >= 0.3 is 0 Å². The van der Waals surface area contributed by atoms with Crippen molar-refractivity contribution in [3.05, 3.63) is 70.6 Å². The first-order valence-electron chi connectivity index (χ1n) is 8.99. The molecule has 1 atom stereocenters. The number of hydrogen-bond donors (Lipinski definition) is 1. The van der Waals surface area contributed by atoms with Gasteiger partial charge in [0, 0.05) is 26.6 Å². The number of allylic oxidation sites excluding steroid dienone is 2. The summed E-state index contributed by atoms with van der Waals surface area (Å²) in [5, 5.41) is 1.44. The SMILES string of the molecule is CC1=C(C)C(C[Si](C)(C)Nc2ccccc2)c2sc3ccccc3c21. The van der Waals surface area contributed by atoms with Crippen LogP contribution < -0.4 is 4.98 Å². The largest absolute Gasteiger partial charge is 0.411 e. The summed E-state index contributed by atoms with van der Waals surface area (Å²) in [6.07, 6.45) is 0. The summed E-state index contributed by atoms with van der Waals surface area (Å²) in [7, 11) is -1.58. The van der Waals surface area contributed by atoms with Gasteiger partial charge in [0.25, 0.3) is 0 Å². The molecular formula is C22H25NSSi. The van der Waals surface area contributed by atoms with Crippen LogP contribution in [0.3, 0.4) is 0 Å². The third kappa shape index (κ3) is 2.96. The van der Waals surface area contributed by atoms with E-state index in [4.69, 9.17) is 0 Å². The molecule has 3 aromatic rings. The number of benzene rings is 2. The maximum Gasteiger partial charge on any atom is 0.148 e. The smallest absolute Gasteiger partial charge is 0.148 e. The van der Waals surface area contributed by atoms with E-state index >= 15 is 0 Å². The number of thiophene rings is 1. The zero-order chi connectivity index (χ0) is 17.6. The van der Waals surface area contributed by atoms with E-state index in [2.05, 4.69) is 86.5 Å². The summed E-state index contributed by atoms with van der Waals surface area (Å²) >= 11 is 2.00. The van der Waals surface area contributed by atoms with Crippen molar-refractivity contribution in [2.75, 3.05) is 4.98 Å². The second-order valence-corrected chi connectivity index (χ2v) is 13.3. The van der Waals surface area contributed by atoms with E-state index in [1.165, 1.54) is 33.0 Å². The van der Waals surface area contributed by atoms with Gasteiger partial charge in [0.2, 0.25) is 0 Å². The number of fused-ring (bicyclic) bond motifs is 3. The Morgan fingerprint density at radius 3 is 2.40 bits per heavy atom. The highest BCUT2D eigenvalue weighted by Gasteiger charge is 2.35. The molecule has 25 heavy (non-hydrogen) atoms. The molecule has 0 amide bonds. The molecule has 1 nitrogen and oxygen atoms in total. The highest BCUT2D eigenvalue weighted by molar-refractivity contribution is 7.19. The van der Waals surface area contributed by atoms with Crippen LogP contribution in [-0.2, 0) is 0 Å². The van der Waals surface area contributed by atoms with Gasteiger partial charge in [-0.3, -0.25) is 0 Å². The van der Waals surface area contributed by atoms with E-state index in [1.807, 2.05) is 11.3 Å². The molecule has 1 unspecified atom stereocenters.